The molecule has 0 N–H and O–H groups in total. The Hall–Kier alpha value is -2.46. The van der Waals surface area contributed by atoms with Crippen LogP contribution in [0.15, 0.2) is 84.9 Å². The lowest BCUT2D eigenvalue weighted by molar-refractivity contribution is 0.177. The molecule has 1 atom stereocenters. The summed E-state index contributed by atoms with van der Waals surface area (Å²) in [5, 5.41) is 6.45. The second-order valence-corrected chi connectivity index (χ2v) is 11.9. The van der Waals surface area contributed by atoms with Crippen molar-refractivity contribution in [3.63, 3.8) is 0 Å². The fraction of sp³-hybridized carbons (Fsp3) is 0.333. The summed E-state index contributed by atoms with van der Waals surface area (Å²) in [4.78, 5) is 0. The molecule has 0 radical (unpaired) electrons. The van der Waals surface area contributed by atoms with Crippen LogP contribution in [0.25, 0.3) is 21.5 Å². The summed E-state index contributed by atoms with van der Waals surface area (Å²) in [6.45, 7) is 8.12. The van der Waals surface area contributed by atoms with E-state index in [1.165, 1.54) is 32.3 Å². The molecule has 0 heterocycles. The first-order valence-electron chi connectivity index (χ1n) is 12.5. The lowest BCUT2D eigenvalue weighted by Crippen LogP contribution is -2.55. The van der Waals surface area contributed by atoms with E-state index >= 15 is 0 Å². The molecular formula is C30H36O2Si. The molecule has 4 aromatic carbocycles. The van der Waals surface area contributed by atoms with Gasteiger partial charge < -0.3 is 8.85 Å². The third kappa shape index (κ3) is 5.06. The number of fused-ring (bicyclic) bond motifs is 2. The van der Waals surface area contributed by atoms with Crippen LogP contribution in [-0.2, 0) is 8.85 Å². The van der Waals surface area contributed by atoms with Gasteiger partial charge in [0.05, 0.1) is 0 Å². The Morgan fingerprint density at radius 2 is 1.18 bits per heavy atom. The first-order valence-corrected chi connectivity index (χ1v) is 14.5. The number of rotatable bonds is 11. The molecule has 0 aromatic heterocycles. The van der Waals surface area contributed by atoms with Gasteiger partial charge in [-0.05, 0) is 52.3 Å². The van der Waals surface area contributed by atoms with Crippen molar-refractivity contribution in [2.45, 2.75) is 52.0 Å². The first-order chi connectivity index (χ1) is 16.2. The summed E-state index contributed by atoms with van der Waals surface area (Å²) in [6.07, 6.45) is 3.03. The average molecular weight is 457 g/mol. The standard InChI is InChI=1S/C30H36O2Si/c1-4-21-31-33(32-22-5-2,30-20-12-16-26-14-8-10-18-29(26)30)23-24(6-3)27-19-11-15-25-13-7-9-17-28(25)27/h7-20,24H,4-6,21-23H2,1-3H3. The Kier molecular flexibility index (Phi) is 7.97. The minimum absolute atomic E-state index is 0.371. The van der Waals surface area contributed by atoms with Crippen molar-refractivity contribution in [3.8, 4) is 0 Å². The molecule has 0 aliphatic rings. The van der Waals surface area contributed by atoms with Gasteiger partial charge in [-0.1, -0.05) is 106 Å². The highest BCUT2D eigenvalue weighted by Gasteiger charge is 2.43. The molecule has 0 aliphatic carbocycles. The lowest BCUT2D eigenvalue weighted by atomic mass is 9.93. The molecule has 0 bridgehead atoms. The largest absolute Gasteiger partial charge is 0.391 e. The molecule has 172 valence electrons. The van der Waals surface area contributed by atoms with E-state index in [0.29, 0.717) is 5.92 Å². The zero-order chi connectivity index (χ0) is 23.1. The lowest BCUT2D eigenvalue weighted by Gasteiger charge is -2.35. The van der Waals surface area contributed by atoms with Crippen LogP contribution in [-0.4, -0.2) is 21.8 Å². The minimum atomic E-state index is -2.73. The summed E-state index contributed by atoms with van der Waals surface area (Å²) in [7, 11) is -2.73. The quantitative estimate of drug-likeness (QED) is 0.215. The van der Waals surface area contributed by atoms with Gasteiger partial charge in [0.1, 0.15) is 0 Å². The van der Waals surface area contributed by atoms with Gasteiger partial charge in [0.25, 0.3) is 0 Å². The van der Waals surface area contributed by atoms with Crippen LogP contribution in [0.4, 0.5) is 0 Å². The van der Waals surface area contributed by atoms with Gasteiger partial charge >= 0.3 is 8.56 Å². The molecule has 0 saturated carbocycles. The minimum Gasteiger partial charge on any atom is -0.391 e. The molecule has 1 unspecified atom stereocenters. The van der Waals surface area contributed by atoms with E-state index in [-0.39, 0.29) is 0 Å². The second-order valence-electron chi connectivity index (χ2n) is 8.85. The second kappa shape index (κ2) is 11.1. The Balaban J connectivity index is 1.86. The molecule has 4 rings (SSSR count). The molecule has 4 aromatic rings. The number of hydrogen-bond acceptors (Lipinski definition) is 2. The van der Waals surface area contributed by atoms with E-state index in [2.05, 4.69) is 106 Å². The Morgan fingerprint density at radius 1 is 0.636 bits per heavy atom. The van der Waals surface area contributed by atoms with E-state index in [9.17, 15) is 0 Å². The van der Waals surface area contributed by atoms with Gasteiger partial charge in [0.2, 0.25) is 0 Å². The molecule has 0 fully saturated rings. The van der Waals surface area contributed by atoms with Crippen LogP contribution < -0.4 is 5.19 Å². The van der Waals surface area contributed by atoms with Crippen molar-refractivity contribution < 1.29 is 8.85 Å². The van der Waals surface area contributed by atoms with Crippen LogP contribution in [0.5, 0.6) is 0 Å². The molecule has 0 aliphatic heterocycles. The van der Waals surface area contributed by atoms with Gasteiger partial charge in [0.15, 0.2) is 0 Å². The van der Waals surface area contributed by atoms with Crippen LogP contribution in [0, 0.1) is 0 Å². The maximum Gasteiger partial charge on any atom is 0.373 e. The van der Waals surface area contributed by atoms with Crippen molar-refractivity contribution in [1.82, 2.24) is 0 Å². The van der Waals surface area contributed by atoms with Gasteiger partial charge in [-0.2, -0.15) is 0 Å². The first kappa shape index (κ1) is 23.7. The Labute approximate surface area is 199 Å². The maximum absolute atomic E-state index is 6.86. The topological polar surface area (TPSA) is 18.5 Å². The van der Waals surface area contributed by atoms with Gasteiger partial charge in [0, 0.05) is 24.4 Å². The van der Waals surface area contributed by atoms with Crippen molar-refractivity contribution >= 4 is 35.3 Å². The van der Waals surface area contributed by atoms with Crippen LogP contribution in [0.1, 0.15) is 51.5 Å². The fourth-order valence-electron chi connectivity index (χ4n) is 4.92. The molecule has 33 heavy (non-hydrogen) atoms. The Bertz CT molecular complexity index is 1170. The van der Waals surface area contributed by atoms with E-state index in [4.69, 9.17) is 8.85 Å². The van der Waals surface area contributed by atoms with E-state index in [1.54, 1.807) is 0 Å². The van der Waals surface area contributed by atoms with Crippen molar-refractivity contribution in [3.05, 3.63) is 90.5 Å². The summed E-state index contributed by atoms with van der Waals surface area (Å²) in [5.74, 6) is 0.371. The molecule has 3 heteroatoms. The summed E-state index contributed by atoms with van der Waals surface area (Å²) < 4.78 is 13.7. The number of hydrogen-bond donors (Lipinski definition) is 0. The highest BCUT2D eigenvalue weighted by Crippen LogP contribution is 2.36. The molecular weight excluding hydrogens is 420 g/mol. The Morgan fingerprint density at radius 3 is 1.82 bits per heavy atom. The van der Waals surface area contributed by atoms with E-state index in [0.717, 1.165) is 38.5 Å². The molecule has 0 saturated heterocycles. The fourth-order valence-corrected chi connectivity index (χ4v) is 8.98. The average Bonchev–Trinajstić information content (AvgIpc) is 2.88. The predicted molar refractivity (Wildman–Crippen MR) is 144 cm³/mol. The highest BCUT2D eigenvalue weighted by molar-refractivity contribution is 6.83. The summed E-state index contributed by atoms with van der Waals surface area (Å²) in [6, 6.07) is 31.7. The summed E-state index contributed by atoms with van der Waals surface area (Å²) in [5.41, 5.74) is 1.41. The highest BCUT2D eigenvalue weighted by atomic mass is 28.4. The third-order valence-electron chi connectivity index (χ3n) is 6.55. The van der Waals surface area contributed by atoms with Crippen LogP contribution >= 0.6 is 0 Å². The SMILES string of the molecule is CCCO[Si](CC(CC)c1cccc2ccccc12)(OCCC)c1cccc2ccccc12. The van der Waals surface area contributed by atoms with Crippen molar-refractivity contribution in [2.75, 3.05) is 13.2 Å². The molecule has 0 spiro atoms. The zero-order valence-corrected chi connectivity index (χ0v) is 21.2. The predicted octanol–water partition coefficient (Wildman–Crippen LogP) is 7.69. The van der Waals surface area contributed by atoms with E-state index in [1.807, 2.05) is 0 Å². The molecule has 2 nitrogen and oxygen atoms in total. The monoisotopic (exact) mass is 456 g/mol. The van der Waals surface area contributed by atoms with Crippen LogP contribution in [0.2, 0.25) is 6.04 Å². The normalized spacial score (nSPS) is 12.9. The zero-order valence-electron chi connectivity index (χ0n) is 20.2. The van der Waals surface area contributed by atoms with Gasteiger partial charge in [-0.25, -0.2) is 0 Å². The summed E-state index contributed by atoms with van der Waals surface area (Å²) >= 11 is 0. The molecule has 0 amide bonds. The maximum atomic E-state index is 6.86. The smallest absolute Gasteiger partial charge is 0.373 e. The van der Waals surface area contributed by atoms with Gasteiger partial charge in [-0.15, -0.1) is 0 Å². The third-order valence-corrected chi connectivity index (χ3v) is 10.2. The van der Waals surface area contributed by atoms with Crippen LogP contribution in [0.3, 0.4) is 0 Å². The number of benzene rings is 4. The van der Waals surface area contributed by atoms with Gasteiger partial charge in [-0.3, -0.25) is 0 Å². The van der Waals surface area contributed by atoms with Crippen molar-refractivity contribution in [1.29, 1.82) is 0 Å². The van der Waals surface area contributed by atoms with E-state index < -0.39 is 8.56 Å². The van der Waals surface area contributed by atoms with Crippen molar-refractivity contribution in [2.24, 2.45) is 0 Å².